The Balaban J connectivity index is 0.00000196. The van der Waals surface area contributed by atoms with Gasteiger partial charge in [0.15, 0.2) is 0 Å². The Morgan fingerprint density at radius 2 is 2.13 bits per heavy atom. The molecule has 0 aliphatic heterocycles. The van der Waals surface area contributed by atoms with Crippen LogP contribution in [0.5, 0.6) is 0 Å². The first-order valence-corrected chi connectivity index (χ1v) is 5.56. The van der Waals surface area contributed by atoms with Crippen molar-refractivity contribution in [3.8, 4) is 0 Å². The molecule has 0 spiro atoms. The zero-order valence-corrected chi connectivity index (χ0v) is 10.6. The molecular formula is C10H17ClN2OS. The Kier molecular flexibility index (Phi) is 6.56. The molecular weight excluding hydrogens is 232 g/mol. The topological polar surface area (TPSA) is 55.1 Å². The highest BCUT2D eigenvalue weighted by molar-refractivity contribution is 7.11. The maximum atomic E-state index is 11.2. The third kappa shape index (κ3) is 4.64. The minimum Gasteiger partial charge on any atom is -0.350 e. The second-order valence-electron chi connectivity index (χ2n) is 3.23. The van der Waals surface area contributed by atoms with Crippen LogP contribution in [0.4, 0.5) is 0 Å². The van der Waals surface area contributed by atoms with Crippen molar-refractivity contribution >= 4 is 29.7 Å². The van der Waals surface area contributed by atoms with Gasteiger partial charge >= 0.3 is 0 Å². The normalized spacial score (nSPS) is 11.7. The predicted molar refractivity (Wildman–Crippen MR) is 66.4 cm³/mol. The van der Waals surface area contributed by atoms with Gasteiger partial charge in [0.2, 0.25) is 5.91 Å². The van der Waals surface area contributed by atoms with Crippen LogP contribution in [0.1, 0.15) is 23.6 Å². The van der Waals surface area contributed by atoms with E-state index in [0.29, 0.717) is 6.54 Å². The highest BCUT2D eigenvalue weighted by Crippen LogP contribution is 2.16. The summed E-state index contributed by atoms with van der Waals surface area (Å²) in [6.07, 6.45) is 1.05. The molecule has 1 atom stereocenters. The molecule has 0 radical (unpaired) electrons. The van der Waals surface area contributed by atoms with Gasteiger partial charge in [-0.3, -0.25) is 4.79 Å². The van der Waals surface area contributed by atoms with E-state index in [2.05, 4.69) is 18.3 Å². The van der Waals surface area contributed by atoms with E-state index in [1.807, 2.05) is 6.07 Å². The molecule has 0 saturated carbocycles. The van der Waals surface area contributed by atoms with Crippen LogP contribution in [0.15, 0.2) is 12.1 Å². The van der Waals surface area contributed by atoms with E-state index in [0.717, 1.165) is 6.42 Å². The van der Waals surface area contributed by atoms with E-state index in [9.17, 15) is 4.79 Å². The second kappa shape index (κ2) is 6.82. The monoisotopic (exact) mass is 248 g/mol. The number of thiophene rings is 1. The van der Waals surface area contributed by atoms with E-state index >= 15 is 0 Å². The molecule has 0 unspecified atom stereocenters. The molecule has 0 aliphatic rings. The molecule has 0 fully saturated rings. The van der Waals surface area contributed by atoms with Gasteiger partial charge in [0, 0.05) is 9.75 Å². The van der Waals surface area contributed by atoms with Gasteiger partial charge < -0.3 is 11.1 Å². The number of nitrogens with one attached hydrogen (secondary N) is 1. The summed E-state index contributed by atoms with van der Waals surface area (Å²) in [5, 5.41) is 2.78. The average Bonchev–Trinajstić information content (AvgIpc) is 2.61. The van der Waals surface area contributed by atoms with Crippen LogP contribution in [-0.4, -0.2) is 11.9 Å². The van der Waals surface area contributed by atoms with Crippen LogP contribution in [0, 0.1) is 0 Å². The van der Waals surface area contributed by atoms with Crippen LogP contribution in [0.25, 0.3) is 0 Å². The average molecular weight is 249 g/mol. The summed E-state index contributed by atoms with van der Waals surface area (Å²) in [6, 6.07) is 3.71. The minimum absolute atomic E-state index is 0. The van der Waals surface area contributed by atoms with Crippen LogP contribution in [-0.2, 0) is 17.8 Å². The van der Waals surface area contributed by atoms with E-state index < -0.39 is 6.04 Å². The van der Waals surface area contributed by atoms with Crippen molar-refractivity contribution in [2.24, 2.45) is 5.73 Å². The summed E-state index contributed by atoms with van der Waals surface area (Å²) in [5.74, 6) is -0.101. The number of rotatable bonds is 4. The molecule has 15 heavy (non-hydrogen) atoms. The highest BCUT2D eigenvalue weighted by Gasteiger charge is 2.06. The number of aryl methyl sites for hydroxylation is 1. The molecule has 3 N–H and O–H groups in total. The van der Waals surface area contributed by atoms with E-state index in [-0.39, 0.29) is 18.3 Å². The lowest BCUT2D eigenvalue weighted by Crippen LogP contribution is -2.37. The Labute approximate surface area is 100 Å². The molecule has 0 aliphatic carbocycles. The Morgan fingerprint density at radius 3 is 2.60 bits per heavy atom. The fourth-order valence-corrected chi connectivity index (χ4v) is 1.94. The molecule has 0 aromatic carbocycles. The van der Waals surface area contributed by atoms with E-state index in [1.54, 1.807) is 18.3 Å². The van der Waals surface area contributed by atoms with Crippen molar-refractivity contribution < 1.29 is 4.79 Å². The molecule has 1 aromatic rings. The van der Waals surface area contributed by atoms with Crippen molar-refractivity contribution in [1.29, 1.82) is 0 Å². The van der Waals surface area contributed by atoms with Gasteiger partial charge in [-0.25, -0.2) is 0 Å². The highest BCUT2D eigenvalue weighted by atomic mass is 35.5. The molecule has 1 rings (SSSR count). The summed E-state index contributed by atoms with van der Waals surface area (Å²) >= 11 is 1.73. The lowest BCUT2D eigenvalue weighted by molar-refractivity contribution is -0.122. The quantitative estimate of drug-likeness (QED) is 0.852. The Bertz CT molecular complexity index is 312. The molecule has 3 nitrogen and oxygen atoms in total. The number of nitrogens with two attached hydrogens (primary N) is 1. The summed E-state index contributed by atoms with van der Waals surface area (Å²) in [4.78, 5) is 13.7. The number of carbonyl (C=O) groups excluding carboxylic acids is 1. The van der Waals surface area contributed by atoms with Crippen molar-refractivity contribution in [2.45, 2.75) is 32.9 Å². The number of hydrogen-bond donors (Lipinski definition) is 2. The number of hydrogen-bond acceptors (Lipinski definition) is 3. The zero-order valence-electron chi connectivity index (χ0n) is 8.95. The third-order valence-corrected chi connectivity index (χ3v) is 3.15. The molecule has 0 bridgehead atoms. The standard InChI is InChI=1S/C10H16N2OS.ClH/c1-3-8-4-5-9(14-8)6-12-10(13)7(2)11;/h4-5,7H,3,6,11H2,1-2H3,(H,12,13);1H/t7-;/m1./s1. The second-order valence-corrected chi connectivity index (χ2v) is 4.48. The number of amides is 1. The van der Waals surface area contributed by atoms with Gasteiger partial charge in [0.1, 0.15) is 0 Å². The molecule has 1 amide bonds. The molecule has 1 heterocycles. The third-order valence-electron chi connectivity index (χ3n) is 1.92. The SMILES string of the molecule is CCc1ccc(CNC(=O)[C@@H](C)N)s1.Cl. The largest absolute Gasteiger partial charge is 0.350 e. The minimum atomic E-state index is -0.430. The lowest BCUT2D eigenvalue weighted by atomic mass is 10.3. The van der Waals surface area contributed by atoms with Crippen molar-refractivity contribution in [3.05, 3.63) is 21.9 Å². The molecule has 0 saturated heterocycles. The maximum Gasteiger partial charge on any atom is 0.236 e. The van der Waals surface area contributed by atoms with Crippen molar-refractivity contribution in [2.75, 3.05) is 0 Å². The van der Waals surface area contributed by atoms with Gasteiger partial charge in [-0.05, 0) is 25.5 Å². The molecule has 86 valence electrons. The smallest absolute Gasteiger partial charge is 0.236 e. The summed E-state index contributed by atoms with van der Waals surface area (Å²) in [6.45, 7) is 4.39. The van der Waals surface area contributed by atoms with E-state index in [1.165, 1.54) is 9.75 Å². The lowest BCUT2D eigenvalue weighted by Gasteiger charge is -2.05. The van der Waals surface area contributed by atoms with Crippen molar-refractivity contribution in [1.82, 2.24) is 5.32 Å². The number of halogens is 1. The van der Waals surface area contributed by atoms with Crippen molar-refractivity contribution in [3.63, 3.8) is 0 Å². The van der Waals surface area contributed by atoms with Crippen LogP contribution >= 0.6 is 23.7 Å². The Hall–Kier alpha value is -0.580. The summed E-state index contributed by atoms with van der Waals surface area (Å²) in [7, 11) is 0. The van der Waals surface area contributed by atoms with E-state index in [4.69, 9.17) is 5.73 Å². The van der Waals surface area contributed by atoms with Crippen LogP contribution in [0.2, 0.25) is 0 Å². The first-order valence-electron chi connectivity index (χ1n) is 4.74. The summed E-state index contributed by atoms with van der Waals surface area (Å²) < 4.78 is 0. The molecule has 1 aromatic heterocycles. The van der Waals surface area contributed by atoms with Gasteiger partial charge in [0.05, 0.1) is 12.6 Å². The predicted octanol–water partition coefficient (Wildman–Crippen LogP) is 1.70. The van der Waals surface area contributed by atoms with Crippen LogP contribution in [0.3, 0.4) is 0 Å². The fraction of sp³-hybridized carbons (Fsp3) is 0.500. The Morgan fingerprint density at radius 1 is 1.53 bits per heavy atom. The first-order chi connectivity index (χ1) is 6.63. The first kappa shape index (κ1) is 14.4. The zero-order chi connectivity index (χ0) is 10.6. The van der Waals surface area contributed by atoms with Gasteiger partial charge in [-0.1, -0.05) is 6.92 Å². The fourth-order valence-electron chi connectivity index (χ4n) is 1.04. The van der Waals surface area contributed by atoms with Crippen LogP contribution < -0.4 is 11.1 Å². The van der Waals surface area contributed by atoms with Gasteiger partial charge in [-0.2, -0.15) is 0 Å². The summed E-state index contributed by atoms with van der Waals surface area (Å²) in [5.41, 5.74) is 5.42. The molecule has 5 heteroatoms. The number of carbonyl (C=O) groups is 1. The van der Waals surface area contributed by atoms with Gasteiger partial charge in [-0.15, -0.1) is 23.7 Å². The van der Waals surface area contributed by atoms with Gasteiger partial charge in [0.25, 0.3) is 0 Å². The maximum absolute atomic E-state index is 11.2.